The van der Waals surface area contributed by atoms with Gasteiger partial charge in [0.2, 0.25) is 5.91 Å². The van der Waals surface area contributed by atoms with E-state index in [4.69, 9.17) is 0 Å². The third-order valence-corrected chi connectivity index (χ3v) is 4.53. The Kier molecular flexibility index (Phi) is 5.54. The van der Waals surface area contributed by atoms with Crippen molar-refractivity contribution >= 4 is 23.4 Å². The van der Waals surface area contributed by atoms with Crippen molar-refractivity contribution in [2.45, 2.75) is 19.4 Å². The van der Waals surface area contributed by atoms with Crippen LogP contribution in [0.2, 0.25) is 0 Å². The van der Waals surface area contributed by atoms with E-state index in [1.165, 1.54) is 4.90 Å². The number of benzene rings is 2. The van der Waals surface area contributed by atoms with E-state index >= 15 is 0 Å². The molecule has 2 aromatic rings. The molecule has 0 saturated carbocycles. The Morgan fingerprint density at radius 1 is 1.07 bits per heavy atom. The van der Waals surface area contributed by atoms with Gasteiger partial charge in [0.25, 0.3) is 11.8 Å². The van der Waals surface area contributed by atoms with Crippen LogP contribution in [0, 0.1) is 0 Å². The van der Waals surface area contributed by atoms with Gasteiger partial charge < -0.3 is 15.1 Å². The van der Waals surface area contributed by atoms with Crippen molar-refractivity contribution in [2.75, 3.05) is 25.5 Å². The number of anilines is 1. The Bertz CT molecular complexity index is 876. The Balaban J connectivity index is 1.67. The molecule has 0 bridgehead atoms. The molecule has 3 rings (SSSR count). The molecule has 6 nitrogen and oxygen atoms in total. The monoisotopic (exact) mass is 365 g/mol. The van der Waals surface area contributed by atoms with E-state index in [1.54, 1.807) is 55.4 Å². The zero-order chi connectivity index (χ0) is 19.4. The predicted molar refractivity (Wildman–Crippen MR) is 104 cm³/mol. The van der Waals surface area contributed by atoms with E-state index in [0.29, 0.717) is 30.6 Å². The molecule has 27 heavy (non-hydrogen) atoms. The van der Waals surface area contributed by atoms with Crippen LogP contribution in [0.15, 0.2) is 48.5 Å². The summed E-state index contributed by atoms with van der Waals surface area (Å²) in [5, 5.41) is 2.87. The lowest BCUT2D eigenvalue weighted by Crippen LogP contribution is -2.26. The van der Waals surface area contributed by atoms with Crippen molar-refractivity contribution in [1.29, 1.82) is 0 Å². The van der Waals surface area contributed by atoms with E-state index in [9.17, 15) is 14.4 Å². The lowest BCUT2D eigenvalue weighted by atomic mass is 10.1. The summed E-state index contributed by atoms with van der Waals surface area (Å²) in [6.45, 7) is 1.01. The summed E-state index contributed by atoms with van der Waals surface area (Å²) in [6, 6.07) is 14.3. The molecule has 0 aromatic heterocycles. The molecule has 140 valence electrons. The lowest BCUT2D eigenvalue weighted by molar-refractivity contribution is -0.117. The first-order chi connectivity index (χ1) is 13.0. The summed E-state index contributed by atoms with van der Waals surface area (Å²) < 4.78 is 0. The summed E-state index contributed by atoms with van der Waals surface area (Å²) in [5.41, 5.74) is 2.69. The van der Waals surface area contributed by atoms with Gasteiger partial charge in [-0.15, -0.1) is 0 Å². The van der Waals surface area contributed by atoms with E-state index in [-0.39, 0.29) is 17.7 Å². The Labute approximate surface area is 158 Å². The fraction of sp³-hybridized carbons (Fsp3) is 0.286. The van der Waals surface area contributed by atoms with E-state index in [2.05, 4.69) is 5.32 Å². The Morgan fingerprint density at radius 3 is 2.52 bits per heavy atom. The highest BCUT2D eigenvalue weighted by Crippen LogP contribution is 2.22. The second kappa shape index (κ2) is 8.03. The molecule has 2 aromatic carbocycles. The average molecular weight is 365 g/mol. The van der Waals surface area contributed by atoms with Gasteiger partial charge in [0.05, 0.1) is 0 Å². The fourth-order valence-corrected chi connectivity index (χ4v) is 3.09. The summed E-state index contributed by atoms with van der Waals surface area (Å²) in [4.78, 5) is 39.7. The van der Waals surface area contributed by atoms with Gasteiger partial charge in [-0.3, -0.25) is 14.4 Å². The molecule has 1 heterocycles. The molecule has 3 amide bonds. The minimum absolute atomic E-state index is 0.0776. The van der Waals surface area contributed by atoms with Crippen LogP contribution in [0.1, 0.15) is 39.1 Å². The molecule has 0 aliphatic carbocycles. The van der Waals surface area contributed by atoms with Crippen LogP contribution >= 0.6 is 0 Å². The number of nitrogens with one attached hydrogen (secondary N) is 1. The van der Waals surface area contributed by atoms with Crippen LogP contribution in [-0.2, 0) is 11.3 Å². The maximum absolute atomic E-state index is 12.5. The van der Waals surface area contributed by atoms with Gasteiger partial charge >= 0.3 is 0 Å². The van der Waals surface area contributed by atoms with Gasteiger partial charge in [0.1, 0.15) is 0 Å². The molecular weight excluding hydrogens is 342 g/mol. The van der Waals surface area contributed by atoms with Crippen LogP contribution in [0.3, 0.4) is 0 Å². The SMILES string of the molecule is CN(C)C(=O)c1cccc(CNC(=O)c2cccc(N3CCCC3=O)c2)c1. The maximum Gasteiger partial charge on any atom is 0.253 e. The molecule has 0 radical (unpaired) electrons. The zero-order valence-electron chi connectivity index (χ0n) is 15.6. The number of nitrogens with zero attached hydrogens (tertiary/aromatic N) is 2. The van der Waals surface area contributed by atoms with Crippen molar-refractivity contribution in [2.24, 2.45) is 0 Å². The van der Waals surface area contributed by atoms with Crippen LogP contribution in [0.4, 0.5) is 5.69 Å². The van der Waals surface area contributed by atoms with Crippen LogP contribution < -0.4 is 10.2 Å². The van der Waals surface area contributed by atoms with Gasteiger partial charge in [-0.2, -0.15) is 0 Å². The number of carbonyl (C=O) groups is 3. The number of hydrogen-bond acceptors (Lipinski definition) is 3. The van der Waals surface area contributed by atoms with Crippen molar-refractivity contribution < 1.29 is 14.4 Å². The molecule has 1 aliphatic rings. The number of hydrogen-bond donors (Lipinski definition) is 1. The highest BCUT2D eigenvalue weighted by atomic mass is 16.2. The fourth-order valence-electron chi connectivity index (χ4n) is 3.09. The van der Waals surface area contributed by atoms with Crippen molar-refractivity contribution in [1.82, 2.24) is 10.2 Å². The standard InChI is InChI=1S/C21H23N3O3/c1-23(2)21(27)17-8-3-6-15(12-17)14-22-20(26)16-7-4-9-18(13-16)24-11-5-10-19(24)25/h3-4,6-9,12-13H,5,10-11,14H2,1-2H3,(H,22,26). The van der Waals surface area contributed by atoms with Crippen LogP contribution in [-0.4, -0.2) is 43.3 Å². The number of carbonyl (C=O) groups excluding carboxylic acids is 3. The van der Waals surface area contributed by atoms with Gasteiger partial charge in [0.15, 0.2) is 0 Å². The molecule has 0 atom stereocenters. The van der Waals surface area contributed by atoms with Gasteiger partial charge in [0, 0.05) is 50.4 Å². The molecule has 6 heteroatoms. The number of rotatable bonds is 5. The summed E-state index contributed by atoms with van der Waals surface area (Å²) >= 11 is 0. The van der Waals surface area contributed by atoms with Gasteiger partial charge in [-0.05, 0) is 42.3 Å². The predicted octanol–water partition coefficient (Wildman–Crippen LogP) is 2.45. The van der Waals surface area contributed by atoms with Crippen LogP contribution in [0.25, 0.3) is 0 Å². The molecule has 1 fully saturated rings. The van der Waals surface area contributed by atoms with E-state index in [0.717, 1.165) is 17.7 Å². The molecule has 1 saturated heterocycles. The Hall–Kier alpha value is -3.15. The average Bonchev–Trinajstić information content (AvgIpc) is 3.11. The largest absolute Gasteiger partial charge is 0.348 e. The van der Waals surface area contributed by atoms with Crippen molar-refractivity contribution in [3.05, 3.63) is 65.2 Å². The van der Waals surface area contributed by atoms with E-state index < -0.39 is 0 Å². The first-order valence-electron chi connectivity index (χ1n) is 8.95. The van der Waals surface area contributed by atoms with Crippen molar-refractivity contribution in [3.63, 3.8) is 0 Å². The first-order valence-corrected chi connectivity index (χ1v) is 8.95. The third-order valence-electron chi connectivity index (χ3n) is 4.53. The minimum atomic E-state index is -0.215. The molecule has 0 unspecified atom stereocenters. The third kappa shape index (κ3) is 4.34. The molecule has 1 aliphatic heterocycles. The summed E-state index contributed by atoms with van der Waals surface area (Å²) in [5.74, 6) is -0.200. The minimum Gasteiger partial charge on any atom is -0.348 e. The molecular formula is C21H23N3O3. The molecule has 0 spiro atoms. The normalized spacial score (nSPS) is 13.6. The number of amides is 3. The van der Waals surface area contributed by atoms with E-state index in [1.807, 2.05) is 12.1 Å². The van der Waals surface area contributed by atoms with Crippen molar-refractivity contribution in [3.8, 4) is 0 Å². The highest BCUT2D eigenvalue weighted by molar-refractivity contribution is 5.99. The van der Waals surface area contributed by atoms with Crippen LogP contribution in [0.5, 0.6) is 0 Å². The second-order valence-corrected chi connectivity index (χ2v) is 6.78. The second-order valence-electron chi connectivity index (χ2n) is 6.78. The summed E-state index contributed by atoms with van der Waals surface area (Å²) in [7, 11) is 3.41. The quantitative estimate of drug-likeness (QED) is 0.885. The topological polar surface area (TPSA) is 69.7 Å². The van der Waals surface area contributed by atoms with Gasteiger partial charge in [-0.25, -0.2) is 0 Å². The van der Waals surface area contributed by atoms with Gasteiger partial charge in [-0.1, -0.05) is 18.2 Å². The maximum atomic E-state index is 12.5. The first kappa shape index (κ1) is 18.6. The smallest absolute Gasteiger partial charge is 0.253 e. The Morgan fingerprint density at radius 2 is 1.81 bits per heavy atom. The molecule has 1 N–H and O–H groups in total. The zero-order valence-corrected chi connectivity index (χ0v) is 15.6. The highest BCUT2D eigenvalue weighted by Gasteiger charge is 2.22. The summed E-state index contributed by atoms with van der Waals surface area (Å²) in [6.07, 6.45) is 1.40. The lowest BCUT2D eigenvalue weighted by Gasteiger charge is -2.16.